The minimum atomic E-state index is -1.69. The minimum absolute atomic E-state index is 0.244. The van der Waals surface area contributed by atoms with E-state index in [4.69, 9.17) is 4.74 Å². The zero-order chi connectivity index (χ0) is 22.7. The number of hydrogen-bond acceptors (Lipinski definition) is 7. The van der Waals surface area contributed by atoms with Gasteiger partial charge in [-0.05, 0) is 49.7 Å². The molecule has 3 aromatic rings. The van der Waals surface area contributed by atoms with Gasteiger partial charge in [0.2, 0.25) is 0 Å². The van der Waals surface area contributed by atoms with Gasteiger partial charge in [0.05, 0.1) is 0 Å². The van der Waals surface area contributed by atoms with Crippen molar-refractivity contribution < 1.29 is 24.0 Å². The first-order valence-corrected chi connectivity index (χ1v) is 10.1. The first-order valence-electron chi connectivity index (χ1n) is 10.1. The Hall–Kier alpha value is -3.76. The Morgan fingerprint density at radius 2 is 1.91 bits per heavy atom. The molecule has 1 aliphatic rings. The van der Waals surface area contributed by atoms with E-state index in [0.29, 0.717) is 29.9 Å². The second-order valence-electron chi connectivity index (χ2n) is 7.43. The molecule has 2 aromatic carbocycles. The SMILES string of the molecule is Cc1ccc(N2CCCO[C@H]([C@@H](O)C(=O)Nc3ccc(-c4noc(=O)[nH]4)cc3)C2=O)cc1. The van der Waals surface area contributed by atoms with Crippen molar-refractivity contribution in [1.82, 2.24) is 10.1 Å². The topological polar surface area (TPSA) is 138 Å². The van der Waals surface area contributed by atoms with Crippen molar-refractivity contribution in [3.05, 3.63) is 64.6 Å². The lowest BCUT2D eigenvalue weighted by molar-refractivity contribution is -0.145. The predicted molar refractivity (Wildman–Crippen MR) is 115 cm³/mol. The molecule has 10 heteroatoms. The second-order valence-corrected chi connectivity index (χ2v) is 7.43. The zero-order valence-corrected chi connectivity index (χ0v) is 17.3. The summed E-state index contributed by atoms with van der Waals surface area (Å²) in [6.45, 7) is 2.62. The number of carbonyl (C=O) groups is 2. The summed E-state index contributed by atoms with van der Waals surface area (Å²) in [5, 5.41) is 16.8. The van der Waals surface area contributed by atoms with Crippen LogP contribution >= 0.6 is 0 Å². The molecule has 1 aromatic heterocycles. The van der Waals surface area contributed by atoms with Crippen molar-refractivity contribution in [3.8, 4) is 11.4 Å². The lowest BCUT2D eigenvalue weighted by atomic mass is 10.1. The van der Waals surface area contributed by atoms with Crippen molar-refractivity contribution in [2.45, 2.75) is 25.6 Å². The monoisotopic (exact) mass is 438 g/mol. The first kappa shape index (κ1) is 21.5. The molecule has 166 valence electrons. The molecule has 1 aliphatic heterocycles. The minimum Gasteiger partial charge on any atom is -0.380 e. The largest absolute Gasteiger partial charge is 0.439 e. The number of H-pyrrole nitrogens is 1. The summed E-state index contributed by atoms with van der Waals surface area (Å²) in [6, 6.07) is 13.8. The molecule has 0 radical (unpaired) electrons. The number of amides is 2. The van der Waals surface area contributed by atoms with Crippen LogP contribution in [0.15, 0.2) is 57.8 Å². The van der Waals surface area contributed by atoms with Gasteiger partial charge in [-0.25, -0.2) is 4.79 Å². The van der Waals surface area contributed by atoms with Gasteiger partial charge in [-0.3, -0.25) is 19.1 Å². The molecule has 10 nitrogen and oxygen atoms in total. The molecule has 2 amide bonds. The summed E-state index contributed by atoms with van der Waals surface area (Å²) >= 11 is 0. The average Bonchev–Trinajstić information content (AvgIpc) is 3.13. The number of aromatic amines is 1. The van der Waals surface area contributed by atoms with Crippen LogP contribution in [0.3, 0.4) is 0 Å². The number of hydrogen-bond donors (Lipinski definition) is 3. The lowest BCUT2D eigenvalue weighted by Gasteiger charge is -2.26. The van der Waals surface area contributed by atoms with E-state index in [2.05, 4.69) is 20.0 Å². The maximum absolute atomic E-state index is 13.0. The number of carbonyl (C=O) groups excluding carboxylic acids is 2. The molecule has 32 heavy (non-hydrogen) atoms. The number of nitrogens with one attached hydrogen (secondary N) is 2. The smallest absolute Gasteiger partial charge is 0.380 e. The molecular weight excluding hydrogens is 416 g/mol. The molecule has 0 unspecified atom stereocenters. The van der Waals surface area contributed by atoms with Gasteiger partial charge in [-0.1, -0.05) is 22.9 Å². The molecule has 4 rings (SSSR count). The molecule has 0 saturated carbocycles. The highest BCUT2D eigenvalue weighted by Gasteiger charge is 2.38. The summed E-state index contributed by atoms with van der Waals surface area (Å²) in [5.74, 6) is -1.66. The van der Waals surface area contributed by atoms with Crippen LogP contribution in [-0.2, 0) is 14.3 Å². The highest BCUT2D eigenvalue weighted by atomic mass is 16.5. The van der Waals surface area contributed by atoms with Crippen LogP contribution < -0.4 is 16.0 Å². The Morgan fingerprint density at radius 1 is 1.19 bits per heavy atom. The number of anilines is 2. The summed E-state index contributed by atoms with van der Waals surface area (Å²) in [5.41, 5.74) is 2.71. The van der Waals surface area contributed by atoms with Gasteiger partial charge in [0, 0.05) is 30.1 Å². The van der Waals surface area contributed by atoms with Crippen molar-refractivity contribution >= 4 is 23.2 Å². The molecule has 0 spiro atoms. The van der Waals surface area contributed by atoms with Crippen molar-refractivity contribution in [2.75, 3.05) is 23.4 Å². The number of aryl methyl sites for hydroxylation is 1. The summed E-state index contributed by atoms with van der Waals surface area (Å²) in [4.78, 5) is 40.7. The number of rotatable bonds is 5. The van der Waals surface area contributed by atoms with Gasteiger partial charge < -0.3 is 20.1 Å². The van der Waals surface area contributed by atoms with E-state index in [1.807, 2.05) is 31.2 Å². The summed E-state index contributed by atoms with van der Waals surface area (Å²) < 4.78 is 10.0. The quantitative estimate of drug-likeness (QED) is 0.548. The molecule has 2 heterocycles. The molecule has 0 aliphatic carbocycles. The van der Waals surface area contributed by atoms with E-state index in [1.165, 1.54) is 4.90 Å². The molecule has 0 bridgehead atoms. The third-order valence-electron chi connectivity index (χ3n) is 5.10. The first-order chi connectivity index (χ1) is 15.4. The number of aliphatic hydroxyl groups is 1. The Kier molecular flexibility index (Phi) is 6.15. The average molecular weight is 438 g/mol. The van der Waals surface area contributed by atoms with Crippen molar-refractivity contribution in [3.63, 3.8) is 0 Å². The Labute approximate surface area is 182 Å². The van der Waals surface area contributed by atoms with E-state index in [0.717, 1.165) is 5.56 Å². The van der Waals surface area contributed by atoms with Crippen LogP contribution in [0.4, 0.5) is 11.4 Å². The summed E-state index contributed by atoms with van der Waals surface area (Å²) in [6.07, 6.45) is -2.44. The number of aliphatic hydroxyl groups excluding tert-OH is 1. The fraction of sp³-hybridized carbons (Fsp3) is 0.273. The maximum Gasteiger partial charge on any atom is 0.439 e. The Morgan fingerprint density at radius 3 is 2.56 bits per heavy atom. The van der Waals surface area contributed by atoms with Gasteiger partial charge in [0.15, 0.2) is 18.0 Å². The fourth-order valence-corrected chi connectivity index (χ4v) is 3.39. The normalized spacial score (nSPS) is 17.6. The van der Waals surface area contributed by atoms with E-state index in [-0.39, 0.29) is 12.4 Å². The molecule has 2 atom stereocenters. The number of ether oxygens (including phenoxy) is 1. The zero-order valence-electron chi connectivity index (χ0n) is 17.3. The summed E-state index contributed by atoms with van der Waals surface area (Å²) in [7, 11) is 0. The van der Waals surface area contributed by atoms with Crippen LogP contribution in [0, 0.1) is 6.92 Å². The van der Waals surface area contributed by atoms with Gasteiger partial charge in [0.1, 0.15) is 0 Å². The van der Waals surface area contributed by atoms with E-state index in [9.17, 15) is 19.5 Å². The van der Waals surface area contributed by atoms with Crippen LogP contribution in [0.5, 0.6) is 0 Å². The van der Waals surface area contributed by atoms with Gasteiger partial charge >= 0.3 is 5.76 Å². The van der Waals surface area contributed by atoms with E-state index in [1.54, 1.807) is 24.3 Å². The molecule has 1 saturated heterocycles. The van der Waals surface area contributed by atoms with E-state index < -0.39 is 29.8 Å². The third kappa shape index (κ3) is 4.61. The molecular formula is C22H22N4O6. The Bertz CT molecular complexity index is 1150. The fourth-order valence-electron chi connectivity index (χ4n) is 3.39. The van der Waals surface area contributed by atoms with Crippen LogP contribution in [0.2, 0.25) is 0 Å². The van der Waals surface area contributed by atoms with Gasteiger partial charge in [-0.15, -0.1) is 0 Å². The Balaban J connectivity index is 1.45. The third-order valence-corrected chi connectivity index (χ3v) is 5.10. The van der Waals surface area contributed by atoms with Crippen LogP contribution in [-0.4, -0.2) is 52.4 Å². The standard InChI is InChI=1S/C22H22N4O6/c1-13-3-9-16(10-4-13)26-11-2-12-31-18(21(26)29)17(27)20(28)23-15-7-5-14(6-8-15)19-24-22(30)32-25-19/h3-10,17-18,27H,2,11-12H2,1H3,(H,23,28)(H,24,25,30)/t17-,18-/m1/s1. The maximum atomic E-state index is 13.0. The second kappa shape index (κ2) is 9.16. The van der Waals surface area contributed by atoms with Crippen LogP contribution in [0.25, 0.3) is 11.4 Å². The number of benzene rings is 2. The highest BCUT2D eigenvalue weighted by molar-refractivity contribution is 6.03. The van der Waals surface area contributed by atoms with E-state index >= 15 is 0 Å². The van der Waals surface area contributed by atoms with Gasteiger partial charge in [0.25, 0.3) is 11.8 Å². The lowest BCUT2D eigenvalue weighted by Crippen LogP contribution is -2.49. The number of aromatic nitrogens is 2. The molecule has 1 fully saturated rings. The predicted octanol–water partition coefficient (Wildman–Crippen LogP) is 1.46. The molecule has 3 N–H and O–H groups in total. The number of nitrogens with zero attached hydrogens (tertiary/aromatic N) is 2. The van der Waals surface area contributed by atoms with Crippen LogP contribution in [0.1, 0.15) is 12.0 Å². The van der Waals surface area contributed by atoms with Gasteiger partial charge in [-0.2, -0.15) is 0 Å². The van der Waals surface area contributed by atoms with Crippen molar-refractivity contribution in [1.29, 1.82) is 0 Å². The van der Waals surface area contributed by atoms with Crippen molar-refractivity contribution in [2.24, 2.45) is 0 Å². The highest BCUT2D eigenvalue weighted by Crippen LogP contribution is 2.22.